The summed E-state index contributed by atoms with van der Waals surface area (Å²) in [5.41, 5.74) is -0.0371. The molecule has 1 aliphatic rings. The fourth-order valence-corrected chi connectivity index (χ4v) is 3.12. The third kappa shape index (κ3) is 4.00. The smallest absolute Gasteiger partial charge is 0.138 e. The van der Waals surface area contributed by atoms with Crippen molar-refractivity contribution in [3.63, 3.8) is 0 Å². The minimum Gasteiger partial charge on any atom is -0.373 e. The Morgan fingerprint density at radius 3 is 2.58 bits per heavy atom. The molecule has 0 aromatic carbocycles. The van der Waals surface area contributed by atoms with Gasteiger partial charge in [-0.15, -0.1) is 0 Å². The van der Waals surface area contributed by atoms with Crippen LogP contribution in [0.25, 0.3) is 0 Å². The average Bonchev–Trinajstić information content (AvgIpc) is 2.38. The molecule has 1 aromatic heterocycles. The van der Waals surface area contributed by atoms with E-state index in [1.165, 1.54) is 24.3 Å². The molecule has 0 saturated carbocycles. The highest BCUT2D eigenvalue weighted by molar-refractivity contribution is 7.99. The van der Waals surface area contributed by atoms with E-state index in [4.69, 9.17) is 0 Å². The van der Waals surface area contributed by atoms with Gasteiger partial charge in [-0.25, -0.2) is 9.97 Å². The number of thioether (sulfide) groups is 1. The highest BCUT2D eigenvalue weighted by Crippen LogP contribution is 2.24. The van der Waals surface area contributed by atoms with Gasteiger partial charge in [0.1, 0.15) is 17.5 Å². The third-order valence-corrected chi connectivity index (χ3v) is 4.38. The summed E-state index contributed by atoms with van der Waals surface area (Å²) >= 11 is 2.02. The van der Waals surface area contributed by atoms with Gasteiger partial charge in [0.2, 0.25) is 0 Å². The van der Waals surface area contributed by atoms with Gasteiger partial charge in [0.25, 0.3) is 0 Å². The minimum absolute atomic E-state index is 0.0371. The van der Waals surface area contributed by atoms with Crippen LogP contribution in [0.4, 0.5) is 11.6 Å². The van der Waals surface area contributed by atoms with Crippen LogP contribution in [0, 0.1) is 0 Å². The molecule has 1 fully saturated rings. The first-order chi connectivity index (χ1) is 8.99. The van der Waals surface area contributed by atoms with E-state index in [0.717, 1.165) is 17.5 Å². The van der Waals surface area contributed by atoms with E-state index in [0.29, 0.717) is 6.04 Å². The van der Waals surface area contributed by atoms with Gasteiger partial charge in [0, 0.05) is 30.3 Å². The zero-order valence-electron chi connectivity index (χ0n) is 12.3. The first-order valence-electron chi connectivity index (χ1n) is 6.90. The topological polar surface area (TPSA) is 49.8 Å². The number of nitrogens with one attached hydrogen (secondary N) is 2. The van der Waals surface area contributed by atoms with E-state index >= 15 is 0 Å². The van der Waals surface area contributed by atoms with E-state index in [2.05, 4.69) is 41.4 Å². The van der Waals surface area contributed by atoms with E-state index < -0.39 is 0 Å². The summed E-state index contributed by atoms with van der Waals surface area (Å²) < 4.78 is 0. The summed E-state index contributed by atoms with van der Waals surface area (Å²) in [7, 11) is 1.90. The van der Waals surface area contributed by atoms with Crippen molar-refractivity contribution in [2.45, 2.75) is 45.1 Å². The monoisotopic (exact) mass is 280 g/mol. The summed E-state index contributed by atoms with van der Waals surface area (Å²) in [6, 6.07) is 2.53. The molecule has 19 heavy (non-hydrogen) atoms. The zero-order chi connectivity index (χ0) is 13.9. The van der Waals surface area contributed by atoms with E-state index in [1.807, 2.05) is 24.9 Å². The van der Waals surface area contributed by atoms with Crippen molar-refractivity contribution in [2.75, 3.05) is 29.2 Å². The maximum atomic E-state index is 4.68. The second-order valence-corrected chi connectivity index (χ2v) is 7.17. The van der Waals surface area contributed by atoms with E-state index in [1.54, 1.807) is 0 Å². The van der Waals surface area contributed by atoms with E-state index in [-0.39, 0.29) is 5.41 Å². The number of hydrogen-bond donors (Lipinski definition) is 2. The van der Waals surface area contributed by atoms with Crippen molar-refractivity contribution < 1.29 is 0 Å². The lowest BCUT2D eigenvalue weighted by Gasteiger charge is -2.24. The van der Waals surface area contributed by atoms with Crippen LogP contribution in [0.1, 0.15) is 39.4 Å². The largest absolute Gasteiger partial charge is 0.373 e. The molecule has 2 rings (SSSR count). The van der Waals surface area contributed by atoms with Gasteiger partial charge in [0.05, 0.1) is 0 Å². The Bertz CT molecular complexity index is 422. The Hall–Kier alpha value is -0.970. The van der Waals surface area contributed by atoms with Crippen molar-refractivity contribution in [2.24, 2.45) is 0 Å². The number of rotatable bonds is 3. The quantitative estimate of drug-likeness (QED) is 0.891. The molecular weight excluding hydrogens is 256 g/mol. The van der Waals surface area contributed by atoms with Crippen molar-refractivity contribution in [3.05, 3.63) is 11.9 Å². The molecule has 4 nitrogen and oxygen atoms in total. The molecule has 5 heteroatoms. The average molecular weight is 280 g/mol. The highest BCUT2D eigenvalue weighted by atomic mass is 32.2. The van der Waals surface area contributed by atoms with Crippen molar-refractivity contribution in [1.82, 2.24) is 9.97 Å². The van der Waals surface area contributed by atoms with Gasteiger partial charge in [0.15, 0.2) is 0 Å². The summed E-state index contributed by atoms with van der Waals surface area (Å²) in [4.78, 5) is 9.22. The van der Waals surface area contributed by atoms with Crippen LogP contribution in [0.3, 0.4) is 0 Å². The molecule has 0 aliphatic carbocycles. The molecule has 1 aromatic rings. The lowest BCUT2D eigenvalue weighted by Crippen LogP contribution is -2.27. The van der Waals surface area contributed by atoms with Gasteiger partial charge >= 0.3 is 0 Å². The van der Waals surface area contributed by atoms with Crippen LogP contribution in [0.15, 0.2) is 6.07 Å². The minimum atomic E-state index is -0.0371. The molecule has 0 amide bonds. The predicted molar refractivity (Wildman–Crippen MR) is 84.2 cm³/mol. The lowest BCUT2D eigenvalue weighted by atomic mass is 9.96. The lowest BCUT2D eigenvalue weighted by molar-refractivity contribution is 0.546. The van der Waals surface area contributed by atoms with Crippen molar-refractivity contribution in [3.8, 4) is 0 Å². The number of nitrogens with zero attached hydrogens (tertiary/aromatic N) is 2. The number of anilines is 2. The molecule has 0 radical (unpaired) electrons. The molecule has 2 N–H and O–H groups in total. The Morgan fingerprint density at radius 1 is 1.26 bits per heavy atom. The Balaban J connectivity index is 2.19. The van der Waals surface area contributed by atoms with Crippen LogP contribution in [0.5, 0.6) is 0 Å². The molecular formula is C14H24N4S. The number of aromatic nitrogens is 2. The van der Waals surface area contributed by atoms with Crippen LogP contribution in [0.2, 0.25) is 0 Å². The summed E-state index contributed by atoms with van der Waals surface area (Å²) in [6.45, 7) is 6.42. The Labute approximate surface area is 120 Å². The molecule has 106 valence electrons. The predicted octanol–water partition coefficient (Wildman–Crippen LogP) is 3.12. The number of hydrogen-bond acceptors (Lipinski definition) is 5. The summed E-state index contributed by atoms with van der Waals surface area (Å²) in [6.07, 6.45) is 2.52. The molecule has 2 heterocycles. The van der Waals surface area contributed by atoms with Crippen LogP contribution < -0.4 is 10.6 Å². The fraction of sp³-hybridized carbons (Fsp3) is 0.714. The standard InChI is InChI=1S/C14H24N4S/c1-14(2,3)13-17-11(15-4)8-12(18-13)16-10-6-5-7-19-9-10/h8,10H,5-7,9H2,1-4H3,(H2,15,16,17,18). The summed E-state index contributed by atoms with van der Waals surface area (Å²) in [5, 5.41) is 6.68. The normalized spacial score (nSPS) is 20.1. The third-order valence-electron chi connectivity index (χ3n) is 3.17. The Morgan fingerprint density at radius 2 is 2.00 bits per heavy atom. The maximum absolute atomic E-state index is 4.68. The molecule has 0 spiro atoms. The second-order valence-electron chi connectivity index (χ2n) is 6.02. The van der Waals surface area contributed by atoms with Crippen LogP contribution >= 0.6 is 11.8 Å². The van der Waals surface area contributed by atoms with Crippen LogP contribution in [-0.4, -0.2) is 34.6 Å². The Kier molecular flexibility index (Phi) is 4.55. The van der Waals surface area contributed by atoms with Gasteiger partial charge in [-0.05, 0) is 18.6 Å². The second kappa shape index (κ2) is 5.99. The molecule has 1 saturated heterocycles. The van der Waals surface area contributed by atoms with Gasteiger partial charge in [-0.2, -0.15) is 11.8 Å². The fourth-order valence-electron chi connectivity index (χ4n) is 2.05. The van der Waals surface area contributed by atoms with Crippen LogP contribution in [-0.2, 0) is 5.41 Å². The first-order valence-corrected chi connectivity index (χ1v) is 8.06. The van der Waals surface area contributed by atoms with Crippen molar-refractivity contribution in [1.29, 1.82) is 0 Å². The summed E-state index contributed by atoms with van der Waals surface area (Å²) in [5.74, 6) is 5.16. The highest BCUT2D eigenvalue weighted by Gasteiger charge is 2.20. The van der Waals surface area contributed by atoms with Gasteiger partial charge in [-0.1, -0.05) is 20.8 Å². The molecule has 1 unspecified atom stereocenters. The molecule has 1 atom stereocenters. The zero-order valence-corrected chi connectivity index (χ0v) is 13.1. The SMILES string of the molecule is CNc1cc(NC2CCCSC2)nc(C(C)(C)C)n1. The van der Waals surface area contributed by atoms with Crippen molar-refractivity contribution >= 4 is 23.4 Å². The molecule has 1 aliphatic heterocycles. The van der Waals surface area contributed by atoms with Gasteiger partial charge < -0.3 is 10.6 Å². The molecule has 0 bridgehead atoms. The first kappa shape index (κ1) is 14.4. The van der Waals surface area contributed by atoms with Gasteiger partial charge in [-0.3, -0.25) is 0 Å². The maximum Gasteiger partial charge on any atom is 0.138 e. The van der Waals surface area contributed by atoms with E-state index in [9.17, 15) is 0 Å².